The van der Waals surface area contributed by atoms with E-state index in [4.69, 9.17) is 4.74 Å². The third-order valence-corrected chi connectivity index (χ3v) is 5.70. The van der Waals surface area contributed by atoms with Gasteiger partial charge in [-0.15, -0.1) is 11.3 Å². The van der Waals surface area contributed by atoms with Gasteiger partial charge in [0.1, 0.15) is 11.5 Å². The van der Waals surface area contributed by atoms with Crippen molar-refractivity contribution in [2.75, 3.05) is 11.5 Å². The summed E-state index contributed by atoms with van der Waals surface area (Å²) in [6, 6.07) is 11.0. The van der Waals surface area contributed by atoms with Gasteiger partial charge in [-0.1, -0.05) is 0 Å². The average molecular weight is 451 g/mol. The van der Waals surface area contributed by atoms with Crippen molar-refractivity contribution in [1.29, 1.82) is 0 Å². The highest BCUT2D eigenvalue weighted by Crippen LogP contribution is 2.43. The summed E-state index contributed by atoms with van der Waals surface area (Å²) in [6.45, 7) is 2.32. The molecule has 1 fully saturated rings. The van der Waals surface area contributed by atoms with E-state index >= 15 is 0 Å². The Hall–Kier alpha value is -4.05. The zero-order chi connectivity index (χ0) is 22.8. The molecule has 1 amide bonds. The van der Waals surface area contributed by atoms with Crippen LogP contribution >= 0.6 is 11.3 Å². The second-order valence-corrected chi connectivity index (χ2v) is 7.66. The zero-order valence-corrected chi connectivity index (χ0v) is 17.6. The number of thiazole rings is 1. The van der Waals surface area contributed by atoms with Crippen LogP contribution in [0, 0.1) is 10.1 Å². The predicted molar refractivity (Wildman–Crippen MR) is 118 cm³/mol. The summed E-state index contributed by atoms with van der Waals surface area (Å²) < 4.78 is 5.40. The molecule has 0 radical (unpaired) electrons. The molecule has 3 aromatic rings. The van der Waals surface area contributed by atoms with Crippen molar-refractivity contribution in [3.63, 3.8) is 0 Å². The molecule has 162 valence electrons. The Kier molecular flexibility index (Phi) is 5.69. The first kappa shape index (κ1) is 21.2. The minimum atomic E-state index is -0.992. The quantitative estimate of drug-likeness (QED) is 0.197. The highest BCUT2D eigenvalue weighted by Gasteiger charge is 2.48. The number of aliphatic hydroxyl groups excluding tert-OH is 1. The molecule has 4 rings (SSSR count). The maximum Gasteiger partial charge on any atom is 0.301 e. The molecule has 2 heterocycles. The van der Waals surface area contributed by atoms with Gasteiger partial charge < -0.3 is 9.84 Å². The van der Waals surface area contributed by atoms with Crippen LogP contribution in [0.25, 0.3) is 5.76 Å². The van der Waals surface area contributed by atoms with Crippen molar-refractivity contribution in [3.05, 3.63) is 86.9 Å². The number of Topliss-reactive ketones (excluding diaryl/α,β-unsaturated/α-hetero) is 1. The molecule has 1 aromatic heterocycles. The fourth-order valence-corrected chi connectivity index (χ4v) is 4.16. The smallest absolute Gasteiger partial charge is 0.301 e. The first-order valence-corrected chi connectivity index (χ1v) is 10.5. The van der Waals surface area contributed by atoms with Crippen LogP contribution in [-0.2, 0) is 9.59 Å². The van der Waals surface area contributed by atoms with Crippen LogP contribution < -0.4 is 9.64 Å². The molecule has 1 atom stereocenters. The SMILES string of the molecule is CCOc1ccc(C(O)=C2C(=O)C(=O)N(c3nccs3)[C@@H]2c2ccc([N+](=O)[O-])cc2)cc1. The van der Waals surface area contributed by atoms with Crippen LogP contribution in [0.4, 0.5) is 10.8 Å². The molecule has 0 aliphatic carbocycles. The Bertz CT molecular complexity index is 1200. The molecule has 0 unspecified atom stereocenters. The van der Waals surface area contributed by atoms with E-state index in [1.807, 2.05) is 6.92 Å². The van der Waals surface area contributed by atoms with Crippen molar-refractivity contribution in [3.8, 4) is 5.75 Å². The van der Waals surface area contributed by atoms with Crippen LogP contribution in [0.5, 0.6) is 5.75 Å². The maximum absolute atomic E-state index is 13.0. The number of aromatic nitrogens is 1. The number of rotatable bonds is 6. The number of non-ortho nitro benzene ring substituents is 1. The number of nitro benzene ring substituents is 1. The van der Waals surface area contributed by atoms with E-state index < -0.39 is 22.7 Å². The summed E-state index contributed by atoms with van der Waals surface area (Å²) in [6.07, 6.45) is 1.50. The number of hydrogen-bond donors (Lipinski definition) is 1. The van der Waals surface area contributed by atoms with Gasteiger partial charge in [0, 0.05) is 29.3 Å². The summed E-state index contributed by atoms with van der Waals surface area (Å²) in [4.78, 5) is 41.8. The number of benzene rings is 2. The molecule has 1 aliphatic heterocycles. The van der Waals surface area contributed by atoms with E-state index in [1.165, 1.54) is 35.4 Å². The topological polar surface area (TPSA) is 123 Å². The molecule has 0 saturated carbocycles. The van der Waals surface area contributed by atoms with Crippen molar-refractivity contribution in [1.82, 2.24) is 4.98 Å². The van der Waals surface area contributed by atoms with Crippen LogP contribution in [0.2, 0.25) is 0 Å². The maximum atomic E-state index is 13.0. The Labute approximate surface area is 186 Å². The largest absolute Gasteiger partial charge is 0.507 e. The summed E-state index contributed by atoms with van der Waals surface area (Å²) in [5.41, 5.74) is 0.504. The number of anilines is 1. The molecule has 1 saturated heterocycles. The van der Waals surface area contributed by atoms with Gasteiger partial charge >= 0.3 is 5.91 Å². The van der Waals surface area contributed by atoms with Gasteiger partial charge in [-0.25, -0.2) is 4.98 Å². The van der Waals surface area contributed by atoms with E-state index in [2.05, 4.69) is 4.98 Å². The van der Waals surface area contributed by atoms with E-state index in [0.717, 1.165) is 11.3 Å². The van der Waals surface area contributed by atoms with Gasteiger partial charge in [0.2, 0.25) is 0 Å². The minimum absolute atomic E-state index is 0.122. The first-order valence-electron chi connectivity index (χ1n) is 9.60. The number of carbonyl (C=O) groups is 2. The second-order valence-electron chi connectivity index (χ2n) is 6.79. The van der Waals surface area contributed by atoms with Gasteiger partial charge in [-0.05, 0) is 48.9 Å². The molecule has 1 N–H and O–H groups in total. The molecule has 0 bridgehead atoms. The fraction of sp³-hybridized carbons (Fsp3) is 0.136. The predicted octanol–water partition coefficient (Wildman–Crippen LogP) is 4.08. The van der Waals surface area contributed by atoms with E-state index in [-0.39, 0.29) is 22.2 Å². The highest BCUT2D eigenvalue weighted by atomic mass is 32.1. The number of ether oxygens (including phenoxy) is 1. The van der Waals surface area contributed by atoms with Crippen molar-refractivity contribution in [2.45, 2.75) is 13.0 Å². The lowest BCUT2D eigenvalue weighted by Gasteiger charge is -2.22. The molecule has 1 aliphatic rings. The van der Waals surface area contributed by atoms with Crippen molar-refractivity contribution >= 4 is 39.6 Å². The standard InChI is InChI=1S/C22H17N3O6S/c1-2-31-16-9-5-14(6-10-16)19(26)17-18(13-3-7-15(8-4-13)25(29)30)24(21(28)20(17)27)22-23-11-12-32-22/h3-12,18,26H,2H2,1H3/t18-/m1/s1. The Balaban J connectivity index is 1.86. The number of amides is 1. The normalized spacial score (nSPS) is 17.5. The summed E-state index contributed by atoms with van der Waals surface area (Å²) >= 11 is 1.16. The number of carbonyl (C=O) groups excluding carboxylic acids is 2. The van der Waals surface area contributed by atoms with E-state index in [0.29, 0.717) is 23.5 Å². The van der Waals surface area contributed by atoms with Gasteiger partial charge in [0.05, 0.1) is 23.1 Å². The monoisotopic (exact) mass is 451 g/mol. The summed E-state index contributed by atoms with van der Waals surface area (Å²) in [5.74, 6) is -1.46. The van der Waals surface area contributed by atoms with Crippen LogP contribution in [0.3, 0.4) is 0 Å². The van der Waals surface area contributed by atoms with Gasteiger partial charge in [0.15, 0.2) is 5.13 Å². The molecule has 9 nitrogen and oxygen atoms in total. The Morgan fingerprint density at radius 3 is 2.44 bits per heavy atom. The van der Waals surface area contributed by atoms with Crippen LogP contribution in [0.15, 0.2) is 65.7 Å². The number of aliphatic hydroxyl groups is 1. The minimum Gasteiger partial charge on any atom is -0.507 e. The molecule has 2 aromatic carbocycles. The third kappa shape index (κ3) is 3.71. The first-order chi connectivity index (χ1) is 15.4. The van der Waals surface area contributed by atoms with Crippen molar-refractivity contribution < 1.29 is 24.4 Å². The zero-order valence-electron chi connectivity index (χ0n) is 16.8. The third-order valence-electron chi connectivity index (χ3n) is 4.93. The number of hydrogen-bond acceptors (Lipinski definition) is 8. The molecular formula is C22H17N3O6S. The molecule has 10 heteroatoms. The Morgan fingerprint density at radius 2 is 1.88 bits per heavy atom. The molecule has 32 heavy (non-hydrogen) atoms. The summed E-state index contributed by atoms with van der Waals surface area (Å²) in [7, 11) is 0. The van der Waals surface area contributed by atoms with E-state index in [9.17, 15) is 24.8 Å². The Morgan fingerprint density at radius 1 is 1.19 bits per heavy atom. The van der Waals surface area contributed by atoms with Gasteiger partial charge in [-0.2, -0.15) is 0 Å². The second kappa shape index (κ2) is 8.60. The lowest BCUT2D eigenvalue weighted by molar-refractivity contribution is -0.384. The van der Waals surface area contributed by atoms with Gasteiger partial charge in [0.25, 0.3) is 11.5 Å². The van der Waals surface area contributed by atoms with Crippen LogP contribution in [-0.4, -0.2) is 33.3 Å². The fourth-order valence-electron chi connectivity index (χ4n) is 3.49. The molecule has 0 spiro atoms. The lowest BCUT2D eigenvalue weighted by atomic mass is 9.95. The van der Waals surface area contributed by atoms with Gasteiger partial charge in [-0.3, -0.25) is 24.6 Å². The number of nitrogens with zero attached hydrogens (tertiary/aromatic N) is 3. The average Bonchev–Trinajstić information content (AvgIpc) is 3.41. The highest BCUT2D eigenvalue weighted by molar-refractivity contribution is 7.14. The molecular weight excluding hydrogens is 434 g/mol. The summed E-state index contributed by atoms with van der Waals surface area (Å²) in [5, 5.41) is 24.0. The number of ketones is 1. The van der Waals surface area contributed by atoms with Crippen molar-refractivity contribution in [2.24, 2.45) is 0 Å². The number of nitro groups is 1. The van der Waals surface area contributed by atoms with Crippen LogP contribution in [0.1, 0.15) is 24.1 Å². The lowest BCUT2D eigenvalue weighted by Crippen LogP contribution is -2.29. The van der Waals surface area contributed by atoms with E-state index in [1.54, 1.807) is 29.6 Å².